The highest BCUT2D eigenvalue weighted by molar-refractivity contribution is 6.07. The Kier molecular flexibility index (Phi) is 3.50. The summed E-state index contributed by atoms with van der Waals surface area (Å²) in [6.45, 7) is 0. The number of halogens is 3. The highest BCUT2D eigenvalue weighted by Gasteiger charge is 2.17. The molecule has 6 heteroatoms. The summed E-state index contributed by atoms with van der Waals surface area (Å²) < 4.78 is 43.7. The minimum atomic E-state index is -1.62. The number of methoxy groups -OCH3 is 1. The number of aromatic nitrogens is 1. The standard InChI is InChI=1S/C13H8F3NO2/c1-19-11-4-2-3-10(17-11)13(18)7-5-8(14)12(16)9(15)6-7/h2-6H,1H3. The number of ether oxygens (including phenoxy) is 1. The lowest BCUT2D eigenvalue weighted by Crippen LogP contribution is -2.07. The fourth-order valence-corrected chi connectivity index (χ4v) is 1.49. The maximum absolute atomic E-state index is 13.0. The summed E-state index contributed by atoms with van der Waals surface area (Å²) in [5, 5.41) is 0. The molecule has 0 radical (unpaired) electrons. The van der Waals surface area contributed by atoms with E-state index in [0.29, 0.717) is 12.1 Å². The average Bonchev–Trinajstić information content (AvgIpc) is 2.43. The van der Waals surface area contributed by atoms with Gasteiger partial charge >= 0.3 is 0 Å². The quantitative estimate of drug-likeness (QED) is 0.634. The average molecular weight is 267 g/mol. The lowest BCUT2D eigenvalue weighted by molar-refractivity contribution is 0.103. The predicted molar refractivity (Wildman–Crippen MR) is 60.5 cm³/mol. The molecule has 3 nitrogen and oxygen atoms in total. The van der Waals surface area contributed by atoms with E-state index >= 15 is 0 Å². The first-order valence-electron chi connectivity index (χ1n) is 5.23. The molecule has 0 fully saturated rings. The van der Waals surface area contributed by atoms with Gasteiger partial charge in [-0.15, -0.1) is 0 Å². The molecule has 1 aromatic heterocycles. The Bertz CT molecular complexity index is 621. The SMILES string of the molecule is COc1cccc(C(=O)c2cc(F)c(F)c(F)c2)n1. The molecule has 0 atom stereocenters. The van der Waals surface area contributed by atoms with Crippen molar-refractivity contribution >= 4 is 5.78 Å². The van der Waals surface area contributed by atoms with E-state index in [9.17, 15) is 18.0 Å². The predicted octanol–water partition coefficient (Wildman–Crippen LogP) is 2.74. The molecule has 0 N–H and O–H groups in total. The molecule has 0 unspecified atom stereocenters. The Labute approximate surface area is 106 Å². The van der Waals surface area contributed by atoms with Crippen LogP contribution in [-0.2, 0) is 0 Å². The molecule has 0 aliphatic carbocycles. The third-order valence-corrected chi connectivity index (χ3v) is 2.41. The van der Waals surface area contributed by atoms with E-state index in [1.54, 1.807) is 0 Å². The first kappa shape index (κ1) is 13.1. The van der Waals surface area contributed by atoms with Crippen molar-refractivity contribution in [2.75, 3.05) is 7.11 Å². The lowest BCUT2D eigenvalue weighted by atomic mass is 10.1. The number of ketones is 1. The number of carbonyl (C=O) groups excluding carboxylic acids is 1. The van der Waals surface area contributed by atoms with E-state index in [2.05, 4.69) is 4.98 Å². The number of rotatable bonds is 3. The van der Waals surface area contributed by atoms with Crippen molar-refractivity contribution in [2.24, 2.45) is 0 Å². The molecular weight excluding hydrogens is 259 g/mol. The maximum atomic E-state index is 13.0. The monoisotopic (exact) mass is 267 g/mol. The zero-order valence-corrected chi connectivity index (χ0v) is 9.78. The van der Waals surface area contributed by atoms with Gasteiger partial charge in [0.1, 0.15) is 5.69 Å². The van der Waals surface area contributed by atoms with Crippen molar-refractivity contribution in [3.8, 4) is 5.88 Å². The second-order valence-electron chi connectivity index (χ2n) is 3.65. The van der Waals surface area contributed by atoms with Crippen LogP contribution in [0.1, 0.15) is 16.1 Å². The Morgan fingerprint density at radius 3 is 2.37 bits per heavy atom. The fraction of sp³-hybridized carbons (Fsp3) is 0.0769. The minimum absolute atomic E-state index is 0.0511. The van der Waals surface area contributed by atoms with Gasteiger partial charge in [0.2, 0.25) is 11.7 Å². The summed E-state index contributed by atoms with van der Waals surface area (Å²) in [5.74, 6) is -5.00. The van der Waals surface area contributed by atoms with E-state index in [1.165, 1.54) is 25.3 Å². The fourth-order valence-electron chi connectivity index (χ4n) is 1.49. The van der Waals surface area contributed by atoms with Crippen molar-refractivity contribution in [3.05, 3.63) is 59.0 Å². The molecule has 2 rings (SSSR count). The highest BCUT2D eigenvalue weighted by Crippen LogP contribution is 2.17. The number of benzene rings is 1. The van der Waals surface area contributed by atoms with Gasteiger partial charge < -0.3 is 4.74 Å². The van der Waals surface area contributed by atoms with Gasteiger partial charge in [0.15, 0.2) is 17.5 Å². The van der Waals surface area contributed by atoms with Crippen LogP contribution in [0.5, 0.6) is 5.88 Å². The van der Waals surface area contributed by atoms with Crippen LogP contribution in [-0.4, -0.2) is 17.9 Å². The number of nitrogens with zero attached hydrogens (tertiary/aromatic N) is 1. The van der Waals surface area contributed by atoms with Gasteiger partial charge in [0, 0.05) is 11.6 Å². The second-order valence-corrected chi connectivity index (χ2v) is 3.65. The van der Waals surface area contributed by atoms with E-state index in [4.69, 9.17) is 4.74 Å². The van der Waals surface area contributed by atoms with E-state index in [-0.39, 0.29) is 17.1 Å². The normalized spacial score (nSPS) is 10.3. The van der Waals surface area contributed by atoms with Crippen LogP contribution in [0.2, 0.25) is 0 Å². The maximum Gasteiger partial charge on any atom is 0.213 e. The van der Waals surface area contributed by atoms with E-state index in [1.807, 2.05) is 0 Å². The summed E-state index contributed by atoms with van der Waals surface area (Å²) in [6, 6.07) is 5.64. The summed E-state index contributed by atoms with van der Waals surface area (Å²) >= 11 is 0. The number of pyridine rings is 1. The minimum Gasteiger partial charge on any atom is -0.481 e. The van der Waals surface area contributed by atoms with Crippen LogP contribution in [0, 0.1) is 17.5 Å². The van der Waals surface area contributed by atoms with Gasteiger partial charge in [-0.25, -0.2) is 18.2 Å². The first-order valence-corrected chi connectivity index (χ1v) is 5.23. The molecule has 0 amide bonds. The molecule has 98 valence electrons. The van der Waals surface area contributed by atoms with Crippen LogP contribution in [0.25, 0.3) is 0 Å². The topological polar surface area (TPSA) is 39.2 Å². The van der Waals surface area contributed by atoms with Crippen molar-refractivity contribution in [1.82, 2.24) is 4.98 Å². The van der Waals surface area contributed by atoms with Gasteiger partial charge in [-0.05, 0) is 18.2 Å². The van der Waals surface area contributed by atoms with Gasteiger partial charge in [-0.2, -0.15) is 0 Å². The molecule has 0 spiro atoms. The van der Waals surface area contributed by atoms with Crippen molar-refractivity contribution in [3.63, 3.8) is 0 Å². The Morgan fingerprint density at radius 2 is 1.79 bits per heavy atom. The zero-order chi connectivity index (χ0) is 14.0. The van der Waals surface area contributed by atoms with Gasteiger partial charge in [0.25, 0.3) is 0 Å². The zero-order valence-electron chi connectivity index (χ0n) is 9.78. The van der Waals surface area contributed by atoms with Crippen LogP contribution in [0.4, 0.5) is 13.2 Å². The molecule has 1 aromatic carbocycles. The molecule has 0 saturated heterocycles. The van der Waals surface area contributed by atoms with Crippen LogP contribution in [0.15, 0.2) is 30.3 Å². The third-order valence-electron chi connectivity index (χ3n) is 2.41. The number of hydrogen-bond donors (Lipinski definition) is 0. The first-order chi connectivity index (χ1) is 9.02. The van der Waals surface area contributed by atoms with Gasteiger partial charge in [-0.3, -0.25) is 4.79 Å². The molecular formula is C13H8F3NO2. The summed E-state index contributed by atoms with van der Waals surface area (Å²) in [5.41, 5.74) is -0.373. The van der Waals surface area contributed by atoms with Crippen molar-refractivity contribution in [2.45, 2.75) is 0 Å². The third kappa shape index (κ3) is 2.57. The van der Waals surface area contributed by atoms with Gasteiger partial charge in [-0.1, -0.05) is 6.07 Å². The Morgan fingerprint density at radius 1 is 1.16 bits per heavy atom. The Balaban J connectivity index is 2.44. The lowest BCUT2D eigenvalue weighted by Gasteiger charge is -2.04. The molecule has 2 aromatic rings. The van der Waals surface area contributed by atoms with Crippen molar-refractivity contribution < 1.29 is 22.7 Å². The van der Waals surface area contributed by atoms with Crippen LogP contribution < -0.4 is 4.74 Å². The van der Waals surface area contributed by atoms with Crippen molar-refractivity contribution in [1.29, 1.82) is 0 Å². The van der Waals surface area contributed by atoms with E-state index in [0.717, 1.165) is 0 Å². The molecule has 0 bridgehead atoms. The summed E-state index contributed by atoms with van der Waals surface area (Å²) in [4.78, 5) is 15.8. The molecule has 0 aliphatic heterocycles. The molecule has 0 saturated carbocycles. The van der Waals surface area contributed by atoms with Gasteiger partial charge in [0.05, 0.1) is 7.11 Å². The Hall–Kier alpha value is -2.37. The molecule has 1 heterocycles. The van der Waals surface area contributed by atoms with E-state index < -0.39 is 23.2 Å². The second kappa shape index (κ2) is 5.09. The largest absolute Gasteiger partial charge is 0.481 e. The smallest absolute Gasteiger partial charge is 0.213 e. The van der Waals surface area contributed by atoms with Crippen LogP contribution in [0.3, 0.4) is 0 Å². The summed E-state index contributed by atoms with van der Waals surface area (Å²) in [6.07, 6.45) is 0. The summed E-state index contributed by atoms with van der Waals surface area (Å²) in [7, 11) is 1.37. The molecule has 19 heavy (non-hydrogen) atoms. The highest BCUT2D eigenvalue weighted by atomic mass is 19.2. The number of hydrogen-bond acceptors (Lipinski definition) is 3. The number of carbonyl (C=O) groups is 1. The molecule has 0 aliphatic rings. The van der Waals surface area contributed by atoms with Crippen LogP contribution >= 0.6 is 0 Å².